The van der Waals surface area contributed by atoms with Gasteiger partial charge in [0.15, 0.2) is 0 Å². The first-order chi connectivity index (χ1) is 10.7. The van der Waals surface area contributed by atoms with Crippen molar-refractivity contribution in [1.29, 1.82) is 0 Å². The molecule has 0 spiro atoms. The van der Waals surface area contributed by atoms with Crippen LogP contribution in [0.15, 0.2) is 42.6 Å². The van der Waals surface area contributed by atoms with E-state index in [1.165, 1.54) is 18.4 Å². The van der Waals surface area contributed by atoms with Gasteiger partial charge in [0.05, 0.1) is 12.3 Å². The average molecular weight is 297 g/mol. The molecule has 0 bridgehead atoms. The standard InChI is InChI=1S/C20H27NO/c1-4-6-7-17-8-13-20(21-14-17)18-9-11-19(12-10-18)22-15-16(3)5-2/h8-14,16H,4-7,15H2,1-3H3. The quantitative estimate of drug-likeness (QED) is 0.640. The minimum atomic E-state index is 0.594. The third-order valence-corrected chi connectivity index (χ3v) is 4.03. The third kappa shape index (κ3) is 4.87. The lowest BCUT2D eigenvalue weighted by Gasteiger charge is -2.11. The smallest absolute Gasteiger partial charge is 0.119 e. The van der Waals surface area contributed by atoms with Gasteiger partial charge in [-0.15, -0.1) is 0 Å². The Morgan fingerprint density at radius 1 is 1.05 bits per heavy atom. The van der Waals surface area contributed by atoms with Gasteiger partial charge in [-0.1, -0.05) is 39.7 Å². The second-order valence-corrected chi connectivity index (χ2v) is 6.00. The molecule has 2 aromatic rings. The number of hydrogen-bond donors (Lipinski definition) is 0. The summed E-state index contributed by atoms with van der Waals surface area (Å²) in [5.74, 6) is 1.53. The summed E-state index contributed by atoms with van der Waals surface area (Å²) in [6.07, 6.45) is 6.71. The Balaban J connectivity index is 1.97. The topological polar surface area (TPSA) is 22.1 Å². The van der Waals surface area contributed by atoms with Crippen molar-refractivity contribution < 1.29 is 4.74 Å². The van der Waals surface area contributed by atoms with Crippen molar-refractivity contribution in [3.05, 3.63) is 48.2 Å². The molecule has 0 aliphatic heterocycles. The lowest BCUT2D eigenvalue weighted by molar-refractivity contribution is 0.256. The van der Waals surface area contributed by atoms with E-state index in [0.29, 0.717) is 5.92 Å². The maximum atomic E-state index is 5.79. The SMILES string of the molecule is CCCCc1ccc(-c2ccc(OCC(C)CC)cc2)nc1. The van der Waals surface area contributed by atoms with E-state index in [1.807, 2.05) is 18.3 Å². The monoisotopic (exact) mass is 297 g/mol. The molecule has 0 aliphatic carbocycles. The number of aryl methyl sites for hydroxylation is 1. The number of nitrogens with zero attached hydrogens (tertiary/aromatic N) is 1. The maximum Gasteiger partial charge on any atom is 0.119 e. The predicted molar refractivity (Wildman–Crippen MR) is 93.2 cm³/mol. The molecule has 22 heavy (non-hydrogen) atoms. The Kier molecular flexibility index (Phi) is 6.45. The number of hydrogen-bond acceptors (Lipinski definition) is 2. The van der Waals surface area contributed by atoms with Gasteiger partial charge in [-0.05, 0) is 54.7 Å². The van der Waals surface area contributed by atoms with Gasteiger partial charge < -0.3 is 4.74 Å². The molecule has 0 aliphatic rings. The summed E-state index contributed by atoms with van der Waals surface area (Å²) in [6.45, 7) is 7.39. The molecule has 2 nitrogen and oxygen atoms in total. The molecule has 1 atom stereocenters. The fraction of sp³-hybridized carbons (Fsp3) is 0.450. The fourth-order valence-electron chi connectivity index (χ4n) is 2.20. The highest BCUT2D eigenvalue weighted by atomic mass is 16.5. The van der Waals surface area contributed by atoms with Gasteiger partial charge in [0.25, 0.3) is 0 Å². The van der Waals surface area contributed by atoms with E-state index in [1.54, 1.807) is 0 Å². The first-order valence-electron chi connectivity index (χ1n) is 8.41. The number of rotatable bonds is 8. The molecule has 118 valence electrons. The predicted octanol–water partition coefficient (Wildman–Crippen LogP) is 5.52. The van der Waals surface area contributed by atoms with Crippen LogP contribution in [0.5, 0.6) is 5.75 Å². The van der Waals surface area contributed by atoms with Crippen molar-refractivity contribution in [2.45, 2.75) is 46.5 Å². The molecule has 0 N–H and O–H groups in total. The highest BCUT2D eigenvalue weighted by Crippen LogP contribution is 2.21. The molecule has 1 aromatic carbocycles. The normalized spacial score (nSPS) is 12.1. The first kappa shape index (κ1) is 16.5. The molecule has 2 heteroatoms. The van der Waals surface area contributed by atoms with Crippen LogP contribution in [-0.2, 0) is 6.42 Å². The Bertz CT molecular complexity index is 545. The van der Waals surface area contributed by atoms with Gasteiger partial charge in [-0.25, -0.2) is 0 Å². The Hall–Kier alpha value is -1.83. The van der Waals surface area contributed by atoms with Crippen LogP contribution in [-0.4, -0.2) is 11.6 Å². The number of ether oxygens (including phenoxy) is 1. The van der Waals surface area contributed by atoms with E-state index < -0.39 is 0 Å². The molecular weight excluding hydrogens is 270 g/mol. The lowest BCUT2D eigenvalue weighted by Crippen LogP contribution is -2.06. The summed E-state index contributed by atoms with van der Waals surface area (Å²) < 4.78 is 5.79. The van der Waals surface area contributed by atoms with Crippen molar-refractivity contribution in [2.75, 3.05) is 6.61 Å². The van der Waals surface area contributed by atoms with Crippen molar-refractivity contribution in [2.24, 2.45) is 5.92 Å². The van der Waals surface area contributed by atoms with Crippen molar-refractivity contribution >= 4 is 0 Å². The van der Waals surface area contributed by atoms with Gasteiger partial charge in [-0.2, -0.15) is 0 Å². The number of benzene rings is 1. The van der Waals surface area contributed by atoms with E-state index >= 15 is 0 Å². The molecule has 0 fully saturated rings. The van der Waals surface area contributed by atoms with E-state index in [9.17, 15) is 0 Å². The zero-order valence-corrected chi connectivity index (χ0v) is 14.0. The molecule has 0 amide bonds. The van der Waals surface area contributed by atoms with Crippen LogP contribution < -0.4 is 4.74 Å². The molecule has 1 aromatic heterocycles. The van der Waals surface area contributed by atoms with E-state index in [-0.39, 0.29) is 0 Å². The zero-order chi connectivity index (χ0) is 15.8. The van der Waals surface area contributed by atoms with Gasteiger partial charge in [-0.3, -0.25) is 4.98 Å². The van der Waals surface area contributed by atoms with E-state index in [0.717, 1.165) is 36.5 Å². The summed E-state index contributed by atoms with van der Waals surface area (Å²) in [5, 5.41) is 0. The second-order valence-electron chi connectivity index (χ2n) is 6.00. The Labute approximate surface area is 134 Å². The average Bonchev–Trinajstić information content (AvgIpc) is 2.58. The van der Waals surface area contributed by atoms with Crippen LogP contribution >= 0.6 is 0 Å². The van der Waals surface area contributed by atoms with Crippen LogP contribution in [0.25, 0.3) is 11.3 Å². The van der Waals surface area contributed by atoms with E-state index in [2.05, 4.69) is 50.0 Å². The van der Waals surface area contributed by atoms with Crippen molar-refractivity contribution in [3.8, 4) is 17.0 Å². The van der Waals surface area contributed by atoms with Crippen LogP contribution in [0.4, 0.5) is 0 Å². The zero-order valence-electron chi connectivity index (χ0n) is 14.0. The minimum absolute atomic E-state index is 0.594. The lowest BCUT2D eigenvalue weighted by atomic mass is 10.1. The van der Waals surface area contributed by atoms with Crippen LogP contribution in [0.1, 0.15) is 45.6 Å². The van der Waals surface area contributed by atoms with Crippen LogP contribution in [0.3, 0.4) is 0 Å². The van der Waals surface area contributed by atoms with Crippen molar-refractivity contribution in [3.63, 3.8) is 0 Å². The van der Waals surface area contributed by atoms with Gasteiger partial charge in [0.2, 0.25) is 0 Å². The van der Waals surface area contributed by atoms with Crippen LogP contribution in [0.2, 0.25) is 0 Å². The van der Waals surface area contributed by atoms with Crippen LogP contribution in [0, 0.1) is 5.92 Å². The molecule has 1 heterocycles. The summed E-state index contributed by atoms with van der Waals surface area (Å²) in [5.41, 5.74) is 3.48. The summed E-state index contributed by atoms with van der Waals surface area (Å²) in [6, 6.07) is 12.5. The Morgan fingerprint density at radius 3 is 2.41 bits per heavy atom. The van der Waals surface area contributed by atoms with Gasteiger partial charge >= 0.3 is 0 Å². The Morgan fingerprint density at radius 2 is 1.82 bits per heavy atom. The minimum Gasteiger partial charge on any atom is -0.493 e. The molecule has 1 unspecified atom stereocenters. The molecule has 0 radical (unpaired) electrons. The van der Waals surface area contributed by atoms with Gasteiger partial charge in [0.1, 0.15) is 5.75 Å². The van der Waals surface area contributed by atoms with E-state index in [4.69, 9.17) is 4.74 Å². The fourth-order valence-corrected chi connectivity index (χ4v) is 2.20. The van der Waals surface area contributed by atoms with Gasteiger partial charge in [0, 0.05) is 11.8 Å². The maximum absolute atomic E-state index is 5.79. The second kappa shape index (κ2) is 8.57. The largest absolute Gasteiger partial charge is 0.493 e. The number of unbranched alkanes of at least 4 members (excludes halogenated alkanes) is 1. The number of aromatic nitrogens is 1. The molecule has 2 rings (SSSR count). The van der Waals surface area contributed by atoms with Crippen molar-refractivity contribution in [1.82, 2.24) is 4.98 Å². The number of pyridine rings is 1. The summed E-state index contributed by atoms with van der Waals surface area (Å²) >= 11 is 0. The molecule has 0 saturated carbocycles. The summed E-state index contributed by atoms with van der Waals surface area (Å²) in [4.78, 5) is 4.58. The third-order valence-electron chi connectivity index (χ3n) is 4.03. The highest BCUT2D eigenvalue weighted by molar-refractivity contribution is 5.60. The first-order valence-corrected chi connectivity index (χ1v) is 8.41. The summed E-state index contributed by atoms with van der Waals surface area (Å²) in [7, 11) is 0. The molecule has 0 saturated heterocycles. The molecular formula is C20H27NO. The highest BCUT2D eigenvalue weighted by Gasteiger charge is 2.03.